The molecule has 122 valence electrons. The second-order valence-electron chi connectivity index (χ2n) is 5.94. The Labute approximate surface area is 147 Å². The number of aryl methyl sites for hydroxylation is 2. The molecule has 1 aliphatic carbocycles. The number of Topliss-reactive ketones (excluding diaryl/α,β-unsaturated/α-hetero) is 1. The van der Waals surface area contributed by atoms with Gasteiger partial charge in [0.25, 0.3) is 5.56 Å². The van der Waals surface area contributed by atoms with Gasteiger partial charge in [-0.3, -0.25) is 14.2 Å². The Bertz CT molecular complexity index is 1000. The molecule has 0 fully saturated rings. The van der Waals surface area contributed by atoms with Crippen LogP contribution < -0.4 is 5.56 Å². The van der Waals surface area contributed by atoms with E-state index in [0.717, 1.165) is 18.4 Å². The molecule has 6 heteroatoms. The first-order valence-corrected chi connectivity index (χ1v) is 9.72. The maximum atomic E-state index is 12.5. The molecule has 0 aliphatic heterocycles. The van der Waals surface area contributed by atoms with Crippen LogP contribution in [0.5, 0.6) is 0 Å². The summed E-state index contributed by atoms with van der Waals surface area (Å²) in [6.07, 6.45) is 3.36. The van der Waals surface area contributed by atoms with E-state index in [2.05, 4.69) is 11.1 Å². The van der Waals surface area contributed by atoms with E-state index < -0.39 is 0 Å². The Balaban J connectivity index is 1.55. The summed E-state index contributed by atoms with van der Waals surface area (Å²) in [5.74, 6) is 0.365. The minimum atomic E-state index is -0.0533. The summed E-state index contributed by atoms with van der Waals surface area (Å²) < 4.78 is 2.19. The van der Waals surface area contributed by atoms with Crippen LogP contribution in [0, 0.1) is 0 Å². The van der Waals surface area contributed by atoms with Gasteiger partial charge in [0.1, 0.15) is 4.70 Å². The van der Waals surface area contributed by atoms with Crippen molar-refractivity contribution in [3.63, 3.8) is 0 Å². The molecule has 0 saturated carbocycles. The van der Waals surface area contributed by atoms with Crippen LogP contribution in [0.15, 0.2) is 39.6 Å². The zero-order valence-electron chi connectivity index (χ0n) is 13.2. The molecule has 0 spiro atoms. The number of thioether (sulfide) groups is 1. The molecule has 0 N–H and O–H groups in total. The Hall–Kier alpha value is -1.92. The Morgan fingerprint density at radius 3 is 3.00 bits per heavy atom. The lowest BCUT2D eigenvalue weighted by molar-refractivity contribution is 0.102. The minimum absolute atomic E-state index is 0.0533. The molecular weight excluding hydrogens is 340 g/mol. The monoisotopic (exact) mass is 356 g/mol. The van der Waals surface area contributed by atoms with Crippen molar-refractivity contribution in [3.05, 3.63) is 56.7 Å². The minimum Gasteiger partial charge on any atom is -0.293 e. The van der Waals surface area contributed by atoms with Crippen molar-refractivity contribution >= 4 is 39.1 Å². The normalized spacial score (nSPS) is 13.4. The van der Waals surface area contributed by atoms with Crippen molar-refractivity contribution in [2.75, 3.05) is 5.75 Å². The summed E-state index contributed by atoms with van der Waals surface area (Å²) in [7, 11) is 1.71. The van der Waals surface area contributed by atoms with E-state index in [1.807, 2.05) is 23.6 Å². The fraction of sp³-hybridized carbons (Fsp3) is 0.278. The van der Waals surface area contributed by atoms with E-state index in [-0.39, 0.29) is 17.1 Å². The van der Waals surface area contributed by atoms with Crippen LogP contribution >= 0.6 is 23.1 Å². The van der Waals surface area contributed by atoms with Gasteiger partial charge in [-0.15, -0.1) is 11.3 Å². The van der Waals surface area contributed by atoms with Gasteiger partial charge >= 0.3 is 0 Å². The number of carbonyl (C=O) groups excluding carboxylic acids is 1. The van der Waals surface area contributed by atoms with Crippen molar-refractivity contribution in [2.45, 2.75) is 24.4 Å². The fourth-order valence-electron chi connectivity index (χ4n) is 3.06. The van der Waals surface area contributed by atoms with Crippen LogP contribution in [0.3, 0.4) is 0 Å². The lowest BCUT2D eigenvalue weighted by atomic mass is 10.0. The van der Waals surface area contributed by atoms with Gasteiger partial charge in [0.05, 0.1) is 11.3 Å². The molecule has 0 radical (unpaired) electrons. The number of benzene rings is 1. The third-order valence-corrected chi connectivity index (χ3v) is 6.32. The van der Waals surface area contributed by atoms with Crippen LogP contribution in [-0.2, 0) is 19.9 Å². The van der Waals surface area contributed by atoms with Crippen LogP contribution in [-0.4, -0.2) is 21.1 Å². The quantitative estimate of drug-likeness (QED) is 0.408. The summed E-state index contributed by atoms with van der Waals surface area (Å²) in [5, 5.41) is 2.45. The molecule has 0 unspecified atom stereocenters. The Morgan fingerprint density at radius 1 is 1.29 bits per heavy atom. The number of thiophene rings is 1. The van der Waals surface area contributed by atoms with Crippen LogP contribution in [0.2, 0.25) is 0 Å². The molecule has 0 saturated heterocycles. The molecule has 0 atom stereocenters. The van der Waals surface area contributed by atoms with Crippen molar-refractivity contribution in [1.29, 1.82) is 0 Å². The van der Waals surface area contributed by atoms with E-state index in [1.54, 1.807) is 7.05 Å². The van der Waals surface area contributed by atoms with Gasteiger partial charge in [-0.25, -0.2) is 4.98 Å². The van der Waals surface area contributed by atoms with Crippen molar-refractivity contribution in [1.82, 2.24) is 9.55 Å². The number of carbonyl (C=O) groups is 1. The number of ketones is 1. The first kappa shape index (κ1) is 15.6. The van der Waals surface area contributed by atoms with Crippen LogP contribution in [0.1, 0.15) is 27.9 Å². The van der Waals surface area contributed by atoms with Gasteiger partial charge in [0.15, 0.2) is 10.9 Å². The molecule has 1 aliphatic rings. The standard InChI is InChI=1S/C18H16N2O2S2/c1-20-17(22)16-14(7-8-23-16)19-18(20)24-10-15(21)13-6-5-11-3-2-4-12(11)9-13/h5-9H,2-4,10H2,1H3. The number of hydrogen-bond donors (Lipinski definition) is 0. The molecule has 4 rings (SSSR count). The van der Waals surface area contributed by atoms with E-state index in [4.69, 9.17) is 0 Å². The molecule has 3 aromatic rings. The molecule has 4 nitrogen and oxygen atoms in total. The number of rotatable bonds is 4. The number of aromatic nitrogens is 2. The zero-order valence-corrected chi connectivity index (χ0v) is 14.9. The topological polar surface area (TPSA) is 52.0 Å². The summed E-state index contributed by atoms with van der Waals surface area (Å²) in [4.78, 5) is 29.3. The first-order chi connectivity index (χ1) is 11.6. The lowest BCUT2D eigenvalue weighted by Gasteiger charge is -2.07. The highest BCUT2D eigenvalue weighted by molar-refractivity contribution is 7.99. The molecule has 0 amide bonds. The summed E-state index contributed by atoms with van der Waals surface area (Å²) in [5.41, 5.74) is 4.07. The second kappa shape index (κ2) is 6.18. The largest absolute Gasteiger partial charge is 0.293 e. The maximum absolute atomic E-state index is 12.5. The molecule has 2 heterocycles. The van der Waals surface area contributed by atoms with E-state index in [0.29, 0.717) is 15.4 Å². The summed E-state index contributed by atoms with van der Waals surface area (Å²) in [6, 6.07) is 7.86. The van der Waals surface area contributed by atoms with Gasteiger partial charge in [0.2, 0.25) is 0 Å². The first-order valence-electron chi connectivity index (χ1n) is 7.85. The number of nitrogens with zero attached hydrogens (tertiary/aromatic N) is 2. The van der Waals surface area contributed by atoms with Gasteiger partial charge in [-0.1, -0.05) is 23.9 Å². The SMILES string of the molecule is Cn1c(SCC(=O)c2ccc3c(c2)CCC3)nc2ccsc2c1=O. The van der Waals surface area contributed by atoms with Crippen molar-refractivity contribution < 1.29 is 4.79 Å². The van der Waals surface area contributed by atoms with Crippen molar-refractivity contribution in [3.8, 4) is 0 Å². The van der Waals surface area contributed by atoms with Gasteiger partial charge < -0.3 is 0 Å². The predicted octanol–water partition coefficient (Wildman–Crippen LogP) is 3.46. The molecule has 2 aromatic heterocycles. The fourth-order valence-corrected chi connectivity index (χ4v) is 4.73. The lowest BCUT2D eigenvalue weighted by Crippen LogP contribution is -2.19. The van der Waals surface area contributed by atoms with Crippen LogP contribution in [0.4, 0.5) is 0 Å². The van der Waals surface area contributed by atoms with E-state index in [1.165, 1.54) is 45.2 Å². The average molecular weight is 356 g/mol. The summed E-state index contributed by atoms with van der Waals surface area (Å²) >= 11 is 2.72. The van der Waals surface area contributed by atoms with Crippen molar-refractivity contribution in [2.24, 2.45) is 7.05 Å². The second-order valence-corrected chi connectivity index (χ2v) is 7.80. The highest BCUT2D eigenvalue weighted by Gasteiger charge is 2.16. The predicted molar refractivity (Wildman–Crippen MR) is 98.4 cm³/mol. The Kier molecular flexibility index (Phi) is 4.02. The highest BCUT2D eigenvalue weighted by atomic mass is 32.2. The van der Waals surface area contributed by atoms with E-state index in [9.17, 15) is 9.59 Å². The molecule has 0 bridgehead atoms. The molecular formula is C18H16N2O2S2. The third-order valence-electron chi connectivity index (χ3n) is 4.40. The van der Waals surface area contributed by atoms with Gasteiger partial charge in [-0.05, 0) is 47.9 Å². The average Bonchev–Trinajstić information content (AvgIpc) is 3.24. The Morgan fingerprint density at radius 2 is 2.12 bits per heavy atom. The van der Waals surface area contributed by atoms with Crippen LogP contribution in [0.25, 0.3) is 10.2 Å². The smallest absolute Gasteiger partial charge is 0.271 e. The number of hydrogen-bond acceptors (Lipinski definition) is 5. The third kappa shape index (κ3) is 2.70. The summed E-state index contributed by atoms with van der Waals surface area (Å²) in [6.45, 7) is 0. The molecule has 24 heavy (non-hydrogen) atoms. The number of fused-ring (bicyclic) bond motifs is 2. The van der Waals surface area contributed by atoms with Gasteiger partial charge in [-0.2, -0.15) is 0 Å². The molecule has 1 aromatic carbocycles. The van der Waals surface area contributed by atoms with E-state index >= 15 is 0 Å². The zero-order chi connectivity index (χ0) is 16.7. The highest BCUT2D eigenvalue weighted by Crippen LogP contribution is 2.25. The van der Waals surface area contributed by atoms with Gasteiger partial charge in [0, 0.05) is 12.6 Å². The maximum Gasteiger partial charge on any atom is 0.271 e.